The van der Waals surface area contributed by atoms with Gasteiger partial charge in [-0.1, -0.05) is 23.7 Å². The first-order chi connectivity index (χ1) is 11.0. The van der Waals surface area contributed by atoms with Crippen LogP contribution >= 0.6 is 11.6 Å². The fourth-order valence-corrected chi connectivity index (χ4v) is 1.80. The van der Waals surface area contributed by atoms with Gasteiger partial charge in [0.25, 0.3) is 5.91 Å². The molecule has 0 aromatic heterocycles. The van der Waals surface area contributed by atoms with Gasteiger partial charge in [-0.3, -0.25) is 4.79 Å². The third-order valence-corrected chi connectivity index (χ3v) is 3.30. The quantitative estimate of drug-likeness (QED) is 0.670. The predicted molar refractivity (Wildman–Crippen MR) is 83.8 cm³/mol. The molecule has 0 saturated carbocycles. The molecule has 0 aliphatic heterocycles. The molecule has 0 bridgehead atoms. The first-order valence-corrected chi connectivity index (χ1v) is 7.00. The number of aryl methyl sites for hydroxylation is 1. The second-order valence-electron chi connectivity index (χ2n) is 4.64. The smallest absolute Gasteiger partial charge is 0.277 e. The van der Waals surface area contributed by atoms with E-state index in [9.17, 15) is 13.6 Å². The van der Waals surface area contributed by atoms with Crippen molar-refractivity contribution in [2.45, 2.75) is 6.92 Å². The maximum absolute atomic E-state index is 13.4. The molecule has 0 fully saturated rings. The predicted octanol–water partition coefficient (Wildman–Crippen LogP) is 3.46. The van der Waals surface area contributed by atoms with Crippen molar-refractivity contribution in [2.24, 2.45) is 5.10 Å². The van der Waals surface area contributed by atoms with E-state index in [2.05, 4.69) is 10.5 Å². The van der Waals surface area contributed by atoms with Gasteiger partial charge in [0.2, 0.25) is 0 Å². The van der Waals surface area contributed by atoms with Crippen molar-refractivity contribution in [2.75, 3.05) is 6.61 Å². The van der Waals surface area contributed by atoms with E-state index in [1.54, 1.807) is 18.2 Å². The number of carbonyl (C=O) groups excluding carboxylic acids is 1. The number of halogens is 3. The van der Waals surface area contributed by atoms with Gasteiger partial charge in [0.1, 0.15) is 5.75 Å². The first kappa shape index (κ1) is 16.9. The highest BCUT2D eigenvalue weighted by atomic mass is 35.5. The molecule has 0 spiro atoms. The fourth-order valence-electron chi connectivity index (χ4n) is 1.68. The molecule has 4 nitrogen and oxygen atoms in total. The first-order valence-electron chi connectivity index (χ1n) is 6.62. The summed E-state index contributed by atoms with van der Waals surface area (Å²) in [5.74, 6) is -2.06. The van der Waals surface area contributed by atoms with E-state index >= 15 is 0 Å². The summed E-state index contributed by atoms with van der Waals surface area (Å²) in [6.07, 6.45) is 1.02. The molecule has 23 heavy (non-hydrogen) atoms. The van der Waals surface area contributed by atoms with Crippen molar-refractivity contribution >= 4 is 23.7 Å². The molecule has 2 aromatic rings. The molecule has 0 radical (unpaired) electrons. The van der Waals surface area contributed by atoms with Gasteiger partial charge in [0, 0.05) is 10.6 Å². The Morgan fingerprint density at radius 2 is 2.13 bits per heavy atom. The number of ether oxygens (including phenoxy) is 1. The number of nitrogens with one attached hydrogen (secondary N) is 1. The second kappa shape index (κ2) is 7.69. The standard InChI is InChI=1S/C16H13ClF2N2O2/c1-10-7-12(5-6-13(10)17)23-9-15(22)21-20-8-11-3-2-4-14(18)16(11)19/h2-8H,9H2,1H3,(H,21,22). The van der Waals surface area contributed by atoms with Crippen LogP contribution in [-0.2, 0) is 4.79 Å². The number of carbonyl (C=O) groups is 1. The zero-order chi connectivity index (χ0) is 16.8. The summed E-state index contributed by atoms with van der Waals surface area (Å²) in [7, 11) is 0. The summed E-state index contributed by atoms with van der Waals surface area (Å²) >= 11 is 5.88. The summed E-state index contributed by atoms with van der Waals surface area (Å²) in [5.41, 5.74) is 2.92. The summed E-state index contributed by atoms with van der Waals surface area (Å²) in [5, 5.41) is 4.16. The molecule has 7 heteroatoms. The van der Waals surface area contributed by atoms with Crippen LogP contribution in [0.3, 0.4) is 0 Å². The van der Waals surface area contributed by atoms with Gasteiger partial charge in [0.05, 0.1) is 6.21 Å². The van der Waals surface area contributed by atoms with Gasteiger partial charge >= 0.3 is 0 Å². The third-order valence-electron chi connectivity index (χ3n) is 2.87. The minimum Gasteiger partial charge on any atom is -0.484 e. The Kier molecular flexibility index (Phi) is 5.65. The Labute approximate surface area is 136 Å². The largest absolute Gasteiger partial charge is 0.484 e. The Bertz CT molecular complexity index is 751. The van der Waals surface area contributed by atoms with Crippen LogP contribution in [0.1, 0.15) is 11.1 Å². The van der Waals surface area contributed by atoms with Crippen molar-refractivity contribution in [1.82, 2.24) is 5.43 Å². The van der Waals surface area contributed by atoms with Gasteiger partial charge < -0.3 is 4.74 Å². The molecule has 2 rings (SSSR count). The maximum Gasteiger partial charge on any atom is 0.277 e. The van der Waals surface area contributed by atoms with Crippen LogP contribution in [0, 0.1) is 18.6 Å². The van der Waals surface area contributed by atoms with E-state index in [-0.39, 0.29) is 12.2 Å². The lowest BCUT2D eigenvalue weighted by molar-refractivity contribution is -0.123. The topological polar surface area (TPSA) is 50.7 Å². The minimum absolute atomic E-state index is 0.0699. The lowest BCUT2D eigenvalue weighted by atomic mass is 10.2. The van der Waals surface area contributed by atoms with E-state index in [4.69, 9.17) is 16.3 Å². The molecule has 120 valence electrons. The average Bonchev–Trinajstić information content (AvgIpc) is 2.52. The van der Waals surface area contributed by atoms with E-state index < -0.39 is 17.5 Å². The van der Waals surface area contributed by atoms with E-state index in [1.165, 1.54) is 12.1 Å². The van der Waals surface area contributed by atoms with Crippen LogP contribution in [0.15, 0.2) is 41.5 Å². The molecule has 0 heterocycles. The number of rotatable bonds is 5. The molecule has 0 unspecified atom stereocenters. The minimum atomic E-state index is -1.03. The monoisotopic (exact) mass is 338 g/mol. The molecule has 0 saturated heterocycles. The van der Waals surface area contributed by atoms with Gasteiger partial charge in [0.15, 0.2) is 18.2 Å². The fraction of sp³-hybridized carbons (Fsp3) is 0.125. The van der Waals surface area contributed by atoms with E-state index in [0.29, 0.717) is 10.8 Å². The second-order valence-corrected chi connectivity index (χ2v) is 5.04. The maximum atomic E-state index is 13.4. The van der Waals surface area contributed by atoms with Gasteiger partial charge in [-0.25, -0.2) is 14.2 Å². The molecular weight excluding hydrogens is 326 g/mol. The van der Waals surface area contributed by atoms with Gasteiger partial charge in [-0.05, 0) is 36.8 Å². The number of nitrogens with zero attached hydrogens (tertiary/aromatic N) is 1. The number of hydrogen-bond donors (Lipinski definition) is 1. The normalized spacial score (nSPS) is 10.8. The molecule has 0 aliphatic carbocycles. The highest BCUT2D eigenvalue weighted by Gasteiger charge is 2.06. The zero-order valence-electron chi connectivity index (χ0n) is 12.1. The average molecular weight is 339 g/mol. The molecule has 0 atom stereocenters. The Morgan fingerprint density at radius 1 is 1.35 bits per heavy atom. The number of benzene rings is 2. The highest BCUT2D eigenvalue weighted by Crippen LogP contribution is 2.20. The third kappa shape index (κ3) is 4.75. The Hall–Kier alpha value is -2.47. The van der Waals surface area contributed by atoms with Crippen molar-refractivity contribution in [1.29, 1.82) is 0 Å². The number of hydrogen-bond acceptors (Lipinski definition) is 3. The molecule has 2 aromatic carbocycles. The SMILES string of the molecule is Cc1cc(OCC(=O)NN=Cc2cccc(F)c2F)ccc1Cl. The van der Waals surface area contributed by atoms with E-state index in [0.717, 1.165) is 17.8 Å². The number of hydrazone groups is 1. The van der Waals surface area contributed by atoms with Crippen molar-refractivity contribution in [3.8, 4) is 5.75 Å². The van der Waals surface area contributed by atoms with Crippen LogP contribution in [0.5, 0.6) is 5.75 Å². The van der Waals surface area contributed by atoms with Crippen LogP contribution in [0.4, 0.5) is 8.78 Å². The summed E-state index contributed by atoms with van der Waals surface area (Å²) in [6.45, 7) is 1.54. The lowest BCUT2D eigenvalue weighted by Gasteiger charge is -2.06. The van der Waals surface area contributed by atoms with Crippen LogP contribution in [-0.4, -0.2) is 18.7 Å². The lowest BCUT2D eigenvalue weighted by Crippen LogP contribution is -2.24. The molecule has 1 amide bonds. The summed E-state index contributed by atoms with van der Waals surface area (Å²) < 4.78 is 31.6. The van der Waals surface area contributed by atoms with Crippen molar-refractivity contribution in [3.05, 3.63) is 64.2 Å². The molecular formula is C16H13ClF2N2O2. The van der Waals surface area contributed by atoms with Gasteiger partial charge in [-0.15, -0.1) is 0 Å². The highest BCUT2D eigenvalue weighted by molar-refractivity contribution is 6.31. The van der Waals surface area contributed by atoms with Crippen LogP contribution in [0.25, 0.3) is 0 Å². The van der Waals surface area contributed by atoms with Crippen molar-refractivity contribution in [3.63, 3.8) is 0 Å². The Morgan fingerprint density at radius 3 is 2.87 bits per heavy atom. The molecule has 0 aliphatic rings. The van der Waals surface area contributed by atoms with Gasteiger partial charge in [-0.2, -0.15) is 5.10 Å². The zero-order valence-corrected chi connectivity index (χ0v) is 12.9. The summed E-state index contributed by atoms with van der Waals surface area (Å²) in [4.78, 5) is 11.6. The Balaban J connectivity index is 1.86. The van der Waals surface area contributed by atoms with Crippen LogP contribution < -0.4 is 10.2 Å². The van der Waals surface area contributed by atoms with Crippen molar-refractivity contribution < 1.29 is 18.3 Å². The summed E-state index contributed by atoms with van der Waals surface area (Å²) in [6, 6.07) is 8.66. The number of amides is 1. The molecule has 1 N–H and O–H groups in total. The van der Waals surface area contributed by atoms with E-state index in [1.807, 2.05) is 6.92 Å². The van der Waals surface area contributed by atoms with Crippen LogP contribution in [0.2, 0.25) is 5.02 Å².